The second kappa shape index (κ2) is 6.54. The van der Waals surface area contributed by atoms with Gasteiger partial charge in [0.1, 0.15) is 17.9 Å². The third-order valence-corrected chi connectivity index (χ3v) is 4.77. The first-order valence-electron chi connectivity index (χ1n) is 7.69. The predicted octanol–water partition coefficient (Wildman–Crippen LogP) is 0.621. The highest BCUT2D eigenvalue weighted by molar-refractivity contribution is 7.07. The first-order chi connectivity index (χ1) is 11.0. The molecule has 1 spiro atoms. The van der Waals surface area contributed by atoms with Crippen molar-refractivity contribution >= 4 is 23.2 Å². The highest BCUT2D eigenvalue weighted by Gasteiger charge is 2.44. The van der Waals surface area contributed by atoms with Crippen LogP contribution in [0.4, 0.5) is 0 Å². The van der Waals surface area contributed by atoms with E-state index < -0.39 is 5.60 Å². The maximum Gasteiger partial charge on any atom is 0.273 e. The van der Waals surface area contributed by atoms with Gasteiger partial charge in [-0.05, 0) is 13.8 Å². The molecule has 2 fully saturated rings. The Kier molecular flexibility index (Phi) is 4.65. The maximum absolute atomic E-state index is 12.5. The smallest absolute Gasteiger partial charge is 0.273 e. The number of aromatic nitrogens is 1. The molecule has 2 amide bonds. The van der Waals surface area contributed by atoms with Crippen LogP contribution in [0.3, 0.4) is 0 Å². The van der Waals surface area contributed by atoms with Crippen LogP contribution in [-0.4, -0.2) is 77.7 Å². The van der Waals surface area contributed by atoms with Crippen LogP contribution in [0, 0.1) is 0 Å². The summed E-state index contributed by atoms with van der Waals surface area (Å²) in [5.41, 5.74) is 1.44. The van der Waals surface area contributed by atoms with Gasteiger partial charge in [0.05, 0.1) is 31.8 Å². The molecule has 0 aliphatic carbocycles. The van der Waals surface area contributed by atoms with Gasteiger partial charge in [0, 0.05) is 18.0 Å². The number of rotatable bonds is 2. The number of hydrogen-bond donors (Lipinski definition) is 0. The molecule has 7 nitrogen and oxygen atoms in total. The number of carbonyl (C=O) groups is 2. The average Bonchev–Trinajstić information content (AvgIpc) is 3.01. The van der Waals surface area contributed by atoms with Crippen molar-refractivity contribution in [3.8, 4) is 0 Å². The summed E-state index contributed by atoms with van der Waals surface area (Å²) in [6.45, 7) is 6.10. The number of amides is 2. The minimum atomic E-state index is -0.666. The molecule has 0 N–H and O–H groups in total. The lowest BCUT2D eigenvalue weighted by Gasteiger charge is -2.43. The van der Waals surface area contributed by atoms with Crippen LogP contribution in [0.2, 0.25) is 0 Å². The van der Waals surface area contributed by atoms with E-state index in [4.69, 9.17) is 9.47 Å². The van der Waals surface area contributed by atoms with Crippen LogP contribution >= 0.6 is 11.3 Å². The third-order valence-electron chi connectivity index (χ3n) is 4.18. The summed E-state index contributed by atoms with van der Waals surface area (Å²) in [4.78, 5) is 32.3. The van der Waals surface area contributed by atoms with Gasteiger partial charge in [-0.15, -0.1) is 11.3 Å². The molecule has 3 heterocycles. The van der Waals surface area contributed by atoms with Crippen molar-refractivity contribution in [3.63, 3.8) is 0 Å². The van der Waals surface area contributed by atoms with Crippen LogP contribution in [0.25, 0.3) is 0 Å². The Morgan fingerprint density at radius 2 is 2.26 bits per heavy atom. The number of nitrogens with zero attached hydrogens (tertiary/aromatic N) is 3. The summed E-state index contributed by atoms with van der Waals surface area (Å²) in [5.74, 6) is -0.135. The van der Waals surface area contributed by atoms with Gasteiger partial charge in [-0.25, -0.2) is 4.98 Å². The summed E-state index contributed by atoms with van der Waals surface area (Å²) >= 11 is 1.40. The summed E-state index contributed by atoms with van der Waals surface area (Å²) in [5, 5.41) is 1.75. The Balaban J connectivity index is 1.78. The Labute approximate surface area is 139 Å². The lowest BCUT2D eigenvalue weighted by Crippen LogP contribution is -2.60. The largest absolute Gasteiger partial charge is 0.368 e. The molecule has 1 unspecified atom stereocenters. The summed E-state index contributed by atoms with van der Waals surface area (Å²) in [6, 6.07) is 0.0642. The van der Waals surface area contributed by atoms with Crippen molar-refractivity contribution in [2.75, 3.05) is 39.5 Å². The van der Waals surface area contributed by atoms with Crippen molar-refractivity contribution in [2.24, 2.45) is 0 Å². The molecule has 23 heavy (non-hydrogen) atoms. The molecular formula is C15H21N3O4S. The molecule has 0 bridgehead atoms. The zero-order valence-corrected chi connectivity index (χ0v) is 14.2. The standard InChI is InChI=1S/C15H21N3O4S/c1-11(2)18-8-15(9-21-5-13(18)19)7-17(3-4-22-15)14(20)12-6-23-10-16-12/h6,10-11H,3-5,7-9H2,1-2H3. The molecule has 2 aliphatic rings. The van der Waals surface area contributed by atoms with Crippen LogP contribution in [0.5, 0.6) is 0 Å². The highest BCUT2D eigenvalue weighted by atomic mass is 32.1. The van der Waals surface area contributed by atoms with Crippen LogP contribution in [0.15, 0.2) is 10.9 Å². The molecule has 1 aromatic rings. The highest BCUT2D eigenvalue weighted by Crippen LogP contribution is 2.25. The predicted molar refractivity (Wildman–Crippen MR) is 84.4 cm³/mol. The molecule has 2 aliphatic heterocycles. The molecule has 3 rings (SSSR count). The zero-order chi connectivity index (χ0) is 16.4. The number of hydrogen-bond acceptors (Lipinski definition) is 6. The van der Waals surface area contributed by atoms with Crippen LogP contribution in [-0.2, 0) is 14.3 Å². The van der Waals surface area contributed by atoms with Crippen molar-refractivity contribution in [2.45, 2.75) is 25.5 Å². The van der Waals surface area contributed by atoms with E-state index in [0.717, 1.165) is 0 Å². The van der Waals surface area contributed by atoms with Gasteiger partial charge in [0.2, 0.25) is 5.91 Å². The number of morpholine rings is 1. The Hall–Kier alpha value is -1.51. The topological polar surface area (TPSA) is 72.0 Å². The fourth-order valence-corrected chi connectivity index (χ4v) is 3.53. The molecule has 1 atom stereocenters. The minimum absolute atomic E-state index is 0.0385. The Bertz CT molecular complexity index is 577. The normalized spacial score (nSPS) is 26.0. The van der Waals surface area contributed by atoms with E-state index in [-0.39, 0.29) is 24.5 Å². The summed E-state index contributed by atoms with van der Waals surface area (Å²) < 4.78 is 11.5. The van der Waals surface area contributed by atoms with Gasteiger partial charge in [-0.3, -0.25) is 9.59 Å². The van der Waals surface area contributed by atoms with Crippen molar-refractivity contribution in [1.29, 1.82) is 0 Å². The Morgan fingerprint density at radius 3 is 2.96 bits per heavy atom. The zero-order valence-electron chi connectivity index (χ0n) is 13.4. The van der Waals surface area contributed by atoms with E-state index in [1.807, 2.05) is 13.8 Å². The van der Waals surface area contributed by atoms with Crippen molar-refractivity contribution < 1.29 is 19.1 Å². The van der Waals surface area contributed by atoms with Crippen LogP contribution in [0.1, 0.15) is 24.3 Å². The SMILES string of the molecule is CC(C)N1CC2(COCC1=O)CN(C(=O)c1cscn1)CCO2. The monoisotopic (exact) mass is 339 g/mol. The molecule has 0 saturated carbocycles. The fraction of sp³-hybridized carbons (Fsp3) is 0.667. The van der Waals surface area contributed by atoms with E-state index in [1.54, 1.807) is 20.7 Å². The summed E-state index contributed by atoms with van der Waals surface area (Å²) in [7, 11) is 0. The van der Waals surface area contributed by atoms with Gasteiger partial charge >= 0.3 is 0 Å². The quantitative estimate of drug-likeness (QED) is 0.790. The maximum atomic E-state index is 12.5. The van der Waals surface area contributed by atoms with E-state index >= 15 is 0 Å². The van der Waals surface area contributed by atoms with E-state index in [0.29, 0.717) is 38.5 Å². The van der Waals surface area contributed by atoms with Gasteiger partial charge in [0.15, 0.2) is 0 Å². The lowest BCUT2D eigenvalue weighted by atomic mass is 10.0. The molecule has 0 aromatic carbocycles. The van der Waals surface area contributed by atoms with Crippen molar-refractivity contribution in [1.82, 2.24) is 14.8 Å². The van der Waals surface area contributed by atoms with Gasteiger partial charge in [-0.2, -0.15) is 0 Å². The average molecular weight is 339 g/mol. The van der Waals surface area contributed by atoms with E-state index in [2.05, 4.69) is 4.98 Å². The molecule has 126 valence electrons. The van der Waals surface area contributed by atoms with Gasteiger partial charge < -0.3 is 19.3 Å². The lowest BCUT2D eigenvalue weighted by molar-refractivity contribution is -0.140. The van der Waals surface area contributed by atoms with Crippen molar-refractivity contribution in [3.05, 3.63) is 16.6 Å². The third kappa shape index (κ3) is 3.39. The van der Waals surface area contributed by atoms with Crippen LogP contribution < -0.4 is 0 Å². The molecule has 8 heteroatoms. The van der Waals surface area contributed by atoms with E-state index in [9.17, 15) is 9.59 Å². The number of ether oxygens (including phenoxy) is 2. The Morgan fingerprint density at radius 1 is 1.43 bits per heavy atom. The van der Waals surface area contributed by atoms with Gasteiger partial charge in [-0.1, -0.05) is 0 Å². The number of carbonyl (C=O) groups excluding carboxylic acids is 2. The first-order valence-corrected chi connectivity index (χ1v) is 8.64. The molecule has 2 saturated heterocycles. The van der Waals surface area contributed by atoms with E-state index in [1.165, 1.54) is 11.3 Å². The second-order valence-corrected chi connectivity index (χ2v) is 6.96. The first kappa shape index (κ1) is 16.4. The minimum Gasteiger partial charge on any atom is -0.368 e. The summed E-state index contributed by atoms with van der Waals surface area (Å²) in [6.07, 6.45) is 0. The molecule has 0 radical (unpaired) electrons. The number of thiazole rings is 1. The van der Waals surface area contributed by atoms with Gasteiger partial charge in [0.25, 0.3) is 5.91 Å². The molecular weight excluding hydrogens is 318 g/mol. The second-order valence-electron chi connectivity index (χ2n) is 6.24. The fourth-order valence-electron chi connectivity index (χ4n) is 3.00. The molecule has 1 aromatic heterocycles.